The maximum absolute atomic E-state index is 13.9. The molecule has 0 amide bonds. The molecule has 2 aromatic rings. The van der Waals surface area contributed by atoms with E-state index >= 15 is 0 Å². The second-order valence-corrected chi connectivity index (χ2v) is 6.13. The molecule has 108 valence electrons. The van der Waals surface area contributed by atoms with E-state index in [1.54, 1.807) is 12.3 Å². The average Bonchev–Trinajstić information content (AvgIpc) is 2.75. The highest BCUT2D eigenvalue weighted by Gasteiger charge is 2.10. The second-order valence-electron chi connectivity index (χ2n) is 6.13. The monoisotopic (exact) mass is 275 g/mol. The molecular formula is C16H22FN3. The van der Waals surface area contributed by atoms with E-state index in [4.69, 9.17) is 0 Å². The Morgan fingerprint density at radius 1 is 1.30 bits per heavy atom. The number of imidazole rings is 1. The molecule has 1 aromatic carbocycles. The third-order valence-corrected chi connectivity index (χ3v) is 3.20. The van der Waals surface area contributed by atoms with Crippen molar-refractivity contribution in [2.75, 3.05) is 0 Å². The lowest BCUT2D eigenvalue weighted by Crippen LogP contribution is -2.35. The number of aryl methyl sites for hydroxylation is 1. The second kappa shape index (κ2) is 5.75. The van der Waals surface area contributed by atoms with E-state index in [0.29, 0.717) is 12.1 Å². The highest BCUT2D eigenvalue weighted by atomic mass is 19.1. The molecule has 0 fully saturated rings. The third kappa shape index (κ3) is 3.90. The zero-order chi connectivity index (χ0) is 14.8. The van der Waals surface area contributed by atoms with Gasteiger partial charge in [-0.1, -0.05) is 6.07 Å². The first-order chi connectivity index (χ1) is 9.35. The van der Waals surface area contributed by atoms with Crippen molar-refractivity contribution in [1.82, 2.24) is 14.9 Å². The average molecular weight is 275 g/mol. The van der Waals surface area contributed by atoms with Crippen LogP contribution in [-0.4, -0.2) is 15.1 Å². The van der Waals surface area contributed by atoms with Gasteiger partial charge < -0.3 is 9.88 Å². The molecule has 0 aliphatic rings. The lowest BCUT2D eigenvalue weighted by Gasteiger charge is -2.21. The van der Waals surface area contributed by atoms with Gasteiger partial charge in [0, 0.05) is 30.0 Å². The summed E-state index contributed by atoms with van der Waals surface area (Å²) < 4.78 is 15.9. The van der Waals surface area contributed by atoms with Crippen LogP contribution in [0.25, 0.3) is 0 Å². The Morgan fingerprint density at radius 2 is 2.05 bits per heavy atom. The minimum atomic E-state index is -0.169. The minimum absolute atomic E-state index is 0.0511. The van der Waals surface area contributed by atoms with Crippen LogP contribution in [0, 0.1) is 12.7 Å². The molecule has 2 rings (SSSR count). The number of nitrogens with zero attached hydrogens (tertiary/aromatic N) is 2. The summed E-state index contributed by atoms with van der Waals surface area (Å²) in [6.45, 7) is 9.52. The van der Waals surface area contributed by atoms with Crippen molar-refractivity contribution in [3.8, 4) is 0 Å². The first-order valence-corrected chi connectivity index (χ1v) is 6.85. The quantitative estimate of drug-likeness (QED) is 0.928. The summed E-state index contributed by atoms with van der Waals surface area (Å²) in [5.41, 5.74) is 1.84. The molecule has 0 unspecified atom stereocenters. The maximum Gasteiger partial charge on any atom is 0.128 e. The van der Waals surface area contributed by atoms with E-state index in [9.17, 15) is 4.39 Å². The van der Waals surface area contributed by atoms with E-state index in [1.165, 1.54) is 0 Å². The molecule has 1 aromatic heterocycles. The Hall–Kier alpha value is -1.68. The fourth-order valence-electron chi connectivity index (χ4n) is 1.98. The van der Waals surface area contributed by atoms with E-state index < -0.39 is 0 Å². The van der Waals surface area contributed by atoms with E-state index in [-0.39, 0.29) is 11.4 Å². The van der Waals surface area contributed by atoms with Crippen LogP contribution in [0.15, 0.2) is 30.6 Å². The van der Waals surface area contributed by atoms with Crippen molar-refractivity contribution in [3.05, 3.63) is 53.4 Å². The van der Waals surface area contributed by atoms with Crippen LogP contribution >= 0.6 is 0 Å². The van der Waals surface area contributed by atoms with Crippen LogP contribution < -0.4 is 5.32 Å². The molecule has 0 bridgehead atoms. The van der Waals surface area contributed by atoms with Gasteiger partial charge in [-0.25, -0.2) is 9.37 Å². The van der Waals surface area contributed by atoms with Crippen molar-refractivity contribution in [1.29, 1.82) is 0 Å². The number of rotatable bonds is 4. The van der Waals surface area contributed by atoms with Crippen LogP contribution in [-0.2, 0) is 13.1 Å². The SMILES string of the molecule is Cc1nccn1Cc1cc(CNC(C)(C)C)ccc1F. The Balaban J connectivity index is 2.15. The van der Waals surface area contributed by atoms with Crippen molar-refractivity contribution in [2.45, 2.75) is 46.3 Å². The van der Waals surface area contributed by atoms with Gasteiger partial charge in [0.15, 0.2) is 0 Å². The molecule has 4 heteroatoms. The number of halogens is 1. The fourth-order valence-corrected chi connectivity index (χ4v) is 1.98. The van der Waals surface area contributed by atoms with Crippen molar-refractivity contribution in [3.63, 3.8) is 0 Å². The van der Waals surface area contributed by atoms with Crippen LogP contribution in [0.5, 0.6) is 0 Å². The molecular weight excluding hydrogens is 253 g/mol. The normalized spacial score (nSPS) is 11.8. The zero-order valence-corrected chi connectivity index (χ0v) is 12.6. The summed E-state index contributed by atoms with van der Waals surface area (Å²) >= 11 is 0. The predicted octanol–water partition coefficient (Wildman–Crippen LogP) is 3.27. The third-order valence-electron chi connectivity index (χ3n) is 3.20. The Bertz CT molecular complexity index is 582. The molecule has 0 saturated carbocycles. The lowest BCUT2D eigenvalue weighted by molar-refractivity contribution is 0.424. The summed E-state index contributed by atoms with van der Waals surface area (Å²) in [5, 5.41) is 3.41. The topological polar surface area (TPSA) is 29.9 Å². The lowest BCUT2D eigenvalue weighted by atomic mass is 10.1. The van der Waals surface area contributed by atoms with Gasteiger partial charge in [-0.15, -0.1) is 0 Å². The van der Waals surface area contributed by atoms with E-state index in [2.05, 4.69) is 31.1 Å². The molecule has 3 nitrogen and oxygen atoms in total. The standard InChI is InChI=1S/C16H22FN3/c1-12-18-7-8-20(12)11-14-9-13(5-6-15(14)17)10-19-16(2,3)4/h5-9,19H,10-11H2,1-4H3. The number of benzene rings is 1. The number of nitrogens with one attached hydrogen (secondary N) is 1. The Kier molecular flexibility index (Phi) is 4.23. The molecule has 0 atom stereocenters. The highest BCUT2D eigenvalue weighted by Crippen LogP contribution is 2.14. The van der Waals surface area contributed by atoms with E-state index in [0.717, 1.165) is 17.9 Å². The molecule has 20 heavy (non-hydrogen) atoms. The van der Waals surface area contributed by atoms with Gasteiger partial charge in [0.2, 0.25) is 0 Å². The largest absolute Gasteiger partial charge is 0.331 e. The Labute approximate surface area is 119 Å². The minimum Gasteiger partial charge on any atom is -0.331 e. The summed E-state index contributed by atoms with van der Waals surface area (Å²) in [5.74, 6) is 0.722. The molecule has 1 N–H and O–H groups in total. The van der Waals surface area contributed by atoms with Crippen molar-refractivity contribution in [2.24, 2.45) is 0 Å². The van der Waals surface area contributed by atoms with Crippen LogP contribution in [0.3, 0.4) is 0 Å². The summed E-state index contributed by atoms with van der Waals surface area (Å²) in [7, 11) is 0. The first-order valence-electron chi connectivity index (χ1n) is 6.85. The maximum atomic E-state index is 13.9. The predicted molar refractivity (Wildman–Crippen MR) is 79.1 cm³/mol. The number of hydrogen-bond donors (Lipinski definition) is 1. The molecule has 0 spiro atoms. The molecule has 1 heterocycles. The number of hydrogen-bond acceptors (Lipinski definition) is 2. The summed E-state index contributed by atoms with van der Waals surface area (Å²) in [6, 6.07) is 5.30. The van der Waals surface area contributed by atoms with Gasteiger partial charge in [0.25, 0.3) is 0 Å². The van der Waals surface area contributed by atoms with Gasteiger partial charge in [-0.05, 0) is 45.4 Å². The molecule has 0 aliphatic carbocycles. The fraction of sp³-hybridized carbons (Fsp3) is 0.438. The van der Waals surface area contributed by atoms with Gasteiger partial charge in [-0.3, -0.25) is 0 Å². The highest BCUT2D eigenvalue weighted by molar-refractivity contribution is 5.25. The van der Waals surface area contributed by atoms with Gasteiger partial charge in [0.05, 0.1) is 6.54 Å². The Morgan fingerprint density at radius 3 is 2.65 bits per heavy atom. The summed E-state index contributed by atoms with van der Waals surface area (Å²) in [6.07, 6.45) is 3.60. The first kappa shape index (κ1) is 14.7. The van der Waals surface area contributed by atoms with Crippen LogP contribution in [0.4, 0.5) is 4.39 Å². The van der Waals surface area contributed by atoms with Crippen LogP contribution in [0.2, 0.25) is 0 Å². The van der Waals surface area contributed by atoms with Crippen molar-refractivity contribution < 1.29 is 4.39 Å². The summed E-state index contributed by atoms with van der Waals surface area (Å²) in [4.78, 5) is 4.16. The smallest absolute Gasteiger partial charge is 0.128 e. The van der Waals surface area contributed by atoms with Gasteiger partial charge >= 0.3 is 0 Å². The molecule has 0 radical (unpaired) electrons. The van der Waals surface area contributed by atoms with Crippen LogP contribution in [0.1, 0.15) is 37.7 Å². The van der Waals surface area contributed by atoms with E-state index in [1.807, 2.05) is 29.8 Å². The number of aromatic nitrogens is 2. The zero-order valence-electron chi connectivity index (χ0n) is 12.6. The molecule has 0 aliphatic heterocycles. The van der Waals surface area contributed by atoms with Gasteiger partial charge in [0.1, 0.15) is 11.6 Å². The van der Waals surface area contributed by atoms with Gasteiger partial charge in [-0.2, -0.15) is 0 Å². The molecule has 0 saturated heterocycles. The van der Waals surface area contributed by atoms with Crippen molar-refractivity contribution >= 4 is 0 Å².